The van der Waals surface area contributed by atoms with Crippen LogP contribution in [0, 0.1) is 0 Å². The average molecular weight is 1450 g/mol. The fraction of sp³-hybridized carbons (Fsp3) is 0.405. The number of methoxy groups -OCH3 is 2. The van der Waals surface area contributed by atoms with Crippen molar-refractivity contribution in [2.75, 3.05) is 100 Å². The molecule has 0 saturated carbocycles. The molecule has 7 atom stereocenters. The third-order valence-electron chi connectivity index (χ3n) is 18.4. The van der Waals surface area contributed by atoms with E-state index in [1.54, 1.807) is 83.5 Å². The third-order valence-corrected chi connectivity index (χ3v) is 18.4. The van der Waals surface area contributed by atoms with E-state index in [-0.39, 0.29) is 116 Å². The normalized spacial score (nSPS) is 23.0. The smallest absolute Gasteiger partial charge is 0.414 e. The van der Waals surface area contributed by atoms with Crippen molar-refractivity contribution in [3.8, 4) is 23.0 Å². The number of amides is 12. The van der Waals surface area contributed by atoms with Crippen LogP contribution in [0.1, 0.15) is 93.2 Å². The number of hydrogen-bond donors (Lipinski definition) is 7. The molecule has 556 valence electrons. The molecule has 9 aliphatic heterocycles. The third kappa shape index (κ3) is 18.4. The molecule has 31 nitrogen and oxygen atoms in total. The van der Waals surface area contributed by atoms with E-state index in [1.807, 2.05) is 32.9 Å². The summed E-state index contributed by atoms with van der Waals surface area (Å²) in [5.74, 6) is -4.93. The second-order valence-corrected chi connectivity index (χ2v) is 26.5. The molecule has 0 aliphatic carbocycles. The van der Waals surface area contributed by atoms with Crippen molar-refractivity contribution in [2.24, 2.45) is 0 Å². The first-order valence-corrected chi connectivity index (χ1v) is 34.4. The summed E-state index contributed by atoms with van der Waals surface area (Å²) in [5.41, 5.74) is 5.08. The molecule has 1 unspecified atom stereocenters. The highest BCUT2D eigenvalue weighted by atomic mass is 16.6. The van der Waals surface area contributed by atoms with Crippen molar-refractivity contribution in [1.82, 2.24) is 46.2 Å². The van der Waals surface area contributed by atoms with Gasteiger partial charge in [-0.3, -0.25) is 67.5 Å². The van der Waals surface area contributed by atoms with Crippen LogP contribution in [0.3, 0.4) is 0 Å². The molecule has 0 spiro atoms. The molecule has 9 heterocycles. The van der Waals surface area contributed by atoms with Crippen LogP contribution in [-0.4, -0.2) is 213 Å². The molecule has 12 amide bonds. The summed E-state index contributed by atoms with van der Waals surface area (Å²) in [7, 11) is 2.87. The molecule has 0 radical (unpaired) electrons. The van der Waals surface area contributed by atoms with E-state index >= 15 is 0 Å². The largest absolute Gasteiger partial charge is 0.493 e. The summed E-state index contributed by atoms with van der Waals surface area (Å²) < 4.78 is 36.2. The number of anilines is 4. The highest BCUT2D eigenvalue weighted by Crippen LogP contribution is 2.43. The fourth-order valence-corrected chi connectivity index (χ4v) is 12.7. The Labute approximate surface area is 606 Å². The molecule has 13 rings (SSSR count). The summed E-state index contributed by atoms with van der Waals surface area (Å²) in [5, 5.41) is 19.0. The lowest BCUT2D eigenvalue weighted by atomic mass is 10.1. The molecule has 8 bridgehead atoms. The summed E-state index contributed by atoms with van der Waals surface area (Å²) in [6, 6.07) is 13.7. The van der Waals surface area contributed by atoms with Gasteiger partial charge in [0.15, 0.2) is 23.0 Å². The van der Waals surface area contributed by atoms with Crippen molar-refractivity contribution in [1.29, 1.82) is 0 Å². The number of imide groups is 1. The zero-order valence-electron chi connectivity index (χ0n) is 59.9. The molecule has 4 aromatic rings. The Hall–Kier alpha value is -11.8. The number of fused-ring (bicyclic) bond motifs is 2. The second-order valence-electron chi connectivity index (χ2n) is 26.5. The van der Waals surface area contributed by atoms with Crippen LogP contribution in [0.25, 0.3) is 0 Å². The van der Waals surface area contributed by atoms with Gasteiger partial charge in [-0.05, 0) is 102 Å². The number of hydrogen-bond acceptors (Lipinski definition) is 20. The van der Waals surface area contributed by atoms with Gasteiger partial charge in [0, 0.05) is 74.0 Å². The van der Waals surface area contributed by atoms with Crippen molar-refractivity contribution in [3.63, 3.8) is 0 Å². The van der Waals surface area contributed by atoms with Gasteiger partial charge in [-0.25, -0.2) is 9.59 Å². The lowest BCUT2D eigenvalue weighted by Gasteiger charge is -2.32. The summed E-state index contributed by atoms with van der Waals surface area (Å²) >= 11 is 0. The van der Waals surface area contributed by atoms with Gasteiger partial charge in [-0.2, -0.15) is 0 Å². The van der Waals surface area contributed by atoms with Gasteiger partial charge in [0.25, 0.3) is 23.6 Å². The van der Waals surface area contributed by atoms with Gasteiger partial charge in [0.2, 0.25) is 35.4 Å². The van der Waals surface area contributed by atoms with Crippen LogP contribution in [-0.2, 0) is 61.0 Å². The SMILES string of the molecule is C=C1Nc2ccc(cc2)COC(=O)N2c3cc(c(OC)cc3C(=O)N3CC(C)=C[C@H]3C2C)OCCCOc2cc3c(cc2OC)C(=O)N2CC(C)=C[C@H]2CN3C(=O)OCc2ccc(cc2)NC(=O)[C@H](C)NC(=O)[C@H](C)NC(=O)CN(CC(=O)NCCCN2C(=O)C=CC2=O)CC(=O)N[C@@H](C)C(=O)N[C@H]1C. The van der Waals surface area contributed by atoms with E-state index in [9.17, 15) is 57.5 Å². The van der Waals surface area contributed by atoms with E-state index in [0.717, 1.165) is 28.2 Å². The molecule has 105 heavy (non-hydrogen) atoms. The fourth-order valence-electron chi connectivity index (χ4n) is 12.7. The Balaban J connectivity index is 0.874. The molecular weight excluding hydrogens is 1360 g/mol. The molecular formula is C74H87N13O18. The Morgan fingerprint density at radius 1 is 0.581 bits per heavy atom. The Morgan fingerprint density at radius 3 is 1.67 bits per heavy atom. The van der Waals surface area contributed by atoms with Crippen molar-refractivity contribution < 1.29 is 86.0 Å². The maximum atomic E-state index is 14.6. The number of ether oxygens (including phenoxy) is 6. The minimum absolute atomic E-state index is 0.0188. The van der Waals surface area contributed by atoms with E-state index in [4.69, 9.17) is 28.4 Å². The number of carbonyl (C=O) groups excluding carboxylic acids is 12. The van der Waals surface area contributed by atoms with Crippen LogP contribution in [0.4, 0.5) is 32.3 Å². The zero-order valence-corrected chi connectivity index (χ0v) is 59.9. The van der Waals surface area contributed by atoms with Crippen LogP contribution in [0.5, 0.6) is 23.0 Å². The van der Waals surface area contributed by atoms with Crippen LogP contribution < -0.4 is 66.0 Å². The molecule has 0 fully saturated rings. The highest BCUT2D eigenvalue weighted by Gasteiger charge is 2.44. The van der Waals surface area contributed by atoms with Gasteiger partial charge < -0.3 is 75.4 Å². The minimum Gasteiger partial charge on any atom is -0.493 e. The standard InChI is InChI=1S/C74H87N13O18/c1-41-27-53-35-86-57-31-61(59(100-9)29-54(57)71(96)84(53)33-41)102-25-12-26-103-62-32-58-55(30-60(62)101-10)72(97)85-34-42(2)28-56(85)48(8)87(58)74(99)105-40-50-13-17-51(18-14-50)76-43(3)44(4)79-68(93)45(5)77-64(89)37-82(36-63(88)75-23-11-24-83-66(91)21-22-67(83)92)38-65(90)78-46(6)69(94)80-47(7)70(95)81-52-19-15-49(16-20-52)39-104-73(86)98/h13-22,27-32,44-48,53,56,76H,3,11-12,23-26,33-40H2,1-2,4-10H3,(H,75,88)(H,77,89)(H,78,90)(H,79,93)(H,80,94)(H,81,95)/t44-,45-,46-,47-,48?,53-,56-/m0/s1. The van der Waals surface area contributed by atoms with Crippen molar-refractivity contribution in [3.05, 3.63) is 143 Å². The molecule has 31 heteroatoms. The lowest BCUT2D eigenvalue weighted by molar-refractivity contribution is -0.137. The molecule has 7 N–H and O–H groups in total. The number of benzene rings is 4. The topological polar surface area (TPSA) is 364 Å². The zero-order chi connectivity index (χ0) is 75.5. The predicted molar refractivity (Wildman–Crippen MR) is 383 cm³/mol. The Morgan fingerprint density at radius 2 is 1.09 bits per heavy atom. The van der Waals surface area contributed by atoms with E-state index in [0.29, 0.717) is 41.3 Å². The maximum Gasteiger partial charge on any atom is 0.414 e. The van der Waals surface area contributed by atoms with Crippen LogP contribution in [0.2, 0.25) is 0 Å². The minimum atomic E-state index is -1.24. The summed E-state index contributed by atoms with van der Waals surface area (Å²) in [4.78, 5) is 171. The van der Waals surface area contributed by atoms with E-state index in [1.165, 1.54) is 55.8 Å². The van der Waals surface area contributed by atoms with E-state index in [2.05, 4.69) is 43.8 Å². The van der Waals surface area contributed by atoms with Gasteiger partial charge in [0.1, 0.15) is 31.3 Å². The Kier molecular flexibility index (Phi) is 24.3. The van der Waals surface area contributed by atoms with Gasteiger partial charge >= 0.3 is 12.2 Å². The summed E-state index contributed by atoms with van der Waals surface area (Å²) in [6.07, 6.45) is 5.11. The van der Waals surface area contributed by atoms with Crippen molar-refractivity contribution in [2.45, 2.75) is 117 Å². The van der Waals surface area contributed by atoms with Gasteiger partial charge in [-0.1, -0.05) is 54.1 Å². The van der Waals surface area contributed by atoms with Crippen LogP contribution in [0.15, 0.2) is 121 Å². The first-order chi connectivity index (χ1) is 50.2. The van der Waals surface area contributed by atoms with E-state index < -0.39 is 121 Å². The summed E-state index contributed by atoms with van der Waals surface area (Å²) in [6.45, 7) is 14.4. The number of rotatable bonds is 8. The highest BCUT2D eigenvalue weighted by molar-refractivity contribution is 6.13. The molecule has 9 aliphatic rings. The van der Waals surface area contributed by atoms with Crippen LogP contribution >= 0.6 is 0 Å². The molecule has 0 aromatic heterocycles. The lowest BCUT2D eigenvalue weighted by Crippen LogP contribution is -2.54. The Bertz CT molecular complexity index is 4180. The average Bonchev–Trinajstić information content (AvgIpc) is 1.77. The quantitative estimate of drug-likeness (QED) is 0.0729. The van der Waals surface area contributed by atoms with Gasteiger partial charge in [-0.15, -0.1) is 0 Å². The van der Waals surface area contributed by atoms with Gasteiger partial charge in [0.05, 0.1) is 100 Å². The second kappa shape index (κ2) is 33.6. The van der Waals surface area contributed by atoms with Crippen molar-refractivity contribution >= 4 is 94.0 Å². The number of nitrogens with zero attached hydrogens (tertiary/aromatic N) is 6. The number of carbonyl (C=O) groups is 12. The first-order valence-electron chi connectivity index (χ1n) is 34.4. The maximum absolute atomic E-state index is 14.6. The monoisotopic (exact) mass is 1450 g/mol. The first kappa shape index (κ1) is 75.9. The molecule has 0 saturated heterocycles. The number of nitrogens with one attached hydrogen (secondary N) is 7. The predicted octanol–water partition coefficient (Wildman–Crippen LogP) is 4.43. The molecule has 4 aromatic carbocycles.